The first-order chi connectivity index (χ1) is 33.1. The summed E-state index contributed by atoms with van der Waals surface area (Å²) in [4.78, 5) is 16.7. The van der Waals surface area contributed by atoms with Gasteiger partial charge in [-0.25, -0.2) is 4.98 Å². The van der Waals surface area contributed by atoms with Gasteiger partial charge in [0.05, 0.1) is 44.5 Å². The highest BCUT2D eigenvalue weighted by atomic mass is 15.2. The van der Waals surface area contributed by atoms with Crippen LogP contribution in [0.25, 0.3) is 106 Å². The van der Waals surface area contributed by atoms with E-state index < -0.39 is 0 Å². The summed E-state index contributed by atoms with van der Waals surface area (Å²) >= 11 is 0. The number of fused-ring (bicyclic) bond motifs is 9. The lowest BCUT2D eigenvalue weighted by molar-refractivity contribution is 0.591. The average molecular weight is 897 g/mol. The van der Waals surface area contributed by atoms with Crippen LogP contribution in [0.1, 0.15) is 79.0 Å². The predicted octanol–water partition coefficient (Wildman–Crippen LogP) is 16.4. The Balaban J connectivity index is 1.16. The third-order valence-corrected chi connectivity index (χ3v) is 14.2. The van der Waals surface area contributed by atoms with Crippen LogP contribution >= 0.6 is 0 Å². The first-order valence-electron chi connectivity index (χ1n) is 24.2. The Labute approximate surface area is 403 Å². The highest BCUT2D eigenvalue weighted by molar-refractivity contribution is 6.12. The Hall–Kier alpha value is -7.83. The van der Waals surface area contributed by atoms with E-state index in [4.69, 9.17) is 15.0 Å². The van der Waals surface area contributed by atoms with E-state index in [-0.39, 0.29) is 16.2 Å². The standard InChI is InChI=1S/C63H56N6/c1-61(2,3)39-30-33-55-47(36-39)42-20-10-15-25-50(42)67(55)53-28-18-13-23-45(53)58-64-59(66-60(65-58)69-52-27-17-12-22-44(52)49-38-41(63(7,8)9)32-35-57(49)69)46-24-14-19-29-54(46)68-51-26-16-11-21-43(51)48-37-40(62(4,5)6)31-34-56(48)68/h10-38H,1-9H3. The van der Waals surface area contributed by atoms with E-state index >= 15 is 0 Å². The highest BCUT2D eigenvalue weighted by Gasteiger charge is 2.26. The van der Waals surface area contributed by atoms with E-state index in [2.05, 4.69) is 252 Å². The van der Waals surface area contributed by atoms with Gasteiger partial charge >= 0.3 is 0 Å². The molecule has 4 heterocycles. The molecule has 0 N–H and O–H groups in total. The van der Waals surface area contributed by atoms with Crippen LogP contribution in [0.5, 0.6) is 0 Å². The molecule has 6 nitrogen and oxygen atoms in total. The lowest BCUT2D eigenvalue weighted by atomic mass is 9.86. The molecule has 0 fully saturated rings. The Morgan fingerprint density at radius 1 is 0.290 bits per heavy atom. The maximum absolute atomic E-state index is 5.58. The van der Waals surface area contributed by atoms with Crippen LogP contribution in [-0.4, -0.2) is 28.7 Å². The van der Waals surface area contributed by atoms with E-state index in [0.717, 1.165) is 61.0 Å². The van der Waals surface area contributed by atoms with Gasteiger partial charge in [0.2, 0.25) is 5.95 Å². The fourth-order valence-corrected chi connectivity index (χ4v) is 10.5. The van der Waals surface area contributed by atoms with Gasteiger partial charge in [-0.1, -0.05) is 159 Å². The molecule has 0 aliphatic carbocycles. The zero-order chi connectivity index (χ0) is 47.6. The summed E-state index contributed by atoms with van der Waals surface area (Å²) in [5, 5.41) is 7.18. The molecule has 0 saturated heterocycles. The molecule has 12 aromatic rings. The Bertz CT molecular complexity index is 3830. The van der Waals surface area contributed by atoms with Crippen molar-refractivity contribution in [3.05, 3.63) is 193 Å². The topological polar surface area (TPSA) is 53.5 Å². The predicted molar refractivity (Wildman–Crippen MR) is 290 cm³/mol. The van der Waals surface area contributed by atoms with Gasteiger partial charge in [-0.05, 0) is 112 Å². The minimum absolute atomic E-state index is 0.00100. The normalized spacial score (nSPS) is 12.7. The Kier molecular flexibility index (Phi) is 9.46. The minimum atomic E-state index is -0.0272. The highest BCUT2D eigenvalue weighted by Crippen LogP contribution is 2.42. The third-order valence-electron chi connectivity index (χ3n) is 14.2. The number of rotatable bonds is 5. The van der Waals surface area contributed by atoms with Crippen molar-refractivity contribution in [1.29, 1.82) is 0 Å². The van der Waals surface area contributed by atoms with E-state index in [0.29, 0.717) is 17.6 Å². The molecule has 338 valence electrons. The molecular weight excluding hydrogens is 841 g/mol. The molecule has 0 radical (unpaired) electrons. The Morgan fingerprint density at radius 2 is 0.594 bits per heavy atom. The summed E-state index contributed by atoms with van der Waals surface area (Å²) in [5.74, 6) is 1.74. The molecule has 6 heteroatoms. The van der Waals surface area contributed by atoms with Gasteiger partial charge in [-0.3, -0.25) is 4.57 Å². The van der Waals surface area contributed by atoms with Crippen LogP contribution in [-0.2, 0) is 16.2 Å². The fraction of sp³-hybridized carbons (Fsp3) is 0.190. The fourth-order valence-electron chi connectivity index (χ4n) is 10.5. The maximum Gasteiger partial charge on any atom is 0.238 e. The number of benzene rings is 8. The van der Waals surface area contributed by atoms with Crippen molar-refractivity contribution in [2.24, 2.45) is 0 Å². The van der Waals surface area contributed by atoms with Gasteiger partial charge in [0, 0.05) is 43.4 Å². The van der Waals surface area contributed by atoms with Crippen LogP contribution in [0.3, 0.4) is 0 Å². The Morgan fingerprint density at radius 3 is 0.971 bits per heavy atom. The molecule has 69 heavy (non-hydrogen) atoms. The molecule has 12 rings (SSSR count). The number of para-hydroxylation sites is 5. The van der Waals surface area contributed by atoms with Gasteiger partial charge in [0.25, 0.3) is 0 Å². The van der Waals surface area contributed by atoms with Crippen LogP contribution in [0, 0.1) is 0 Å². The first-order valence-corrected chi connectivity index (χ1v) is 24.2. The second-order valence-corrected chi connectivity index (χ2v) is 21.8. The summed E-state index contributed by atoms with van der Waals surface area (Å²) in [6, 6.07) is 64.0. The molecule has 0 aliphatic heterocycles. The third kappa shape index (κ3) is 6.87. The molecule has 0 bridgehead atoms. The largest absolute Gasteiger partial charge is 0.309 e. The van der Waals surface area contributed by atoms with Crippen LogP contribution in [0.15, 0.2) is 176 Å². The van der Waals surface area contributed by atoms with Crippen molar-refractivity contribution in [2.45, 2.75) is 78.6 Å². The number of hydrogen-bond acceptors (Lipinski definition) is 3. The van der Waals surface area contributed by atoms with E-state index in [1.54, 1.807) is 0 Å². The van der Waals surface area contributed by atoms with Crippen LogP contribution in [0.4, 0.5) is 0 Å². The molecule has 4 aromatic heterocycles. The van der Waals surface area contributed by atoms with Crippen molar-refractivity contribution < 1.29 is 0 Å². The molecule has 0 spiro atoms. The molecule has 0 amide bonds. The summed E-state index contributed by atoms with van der Waals surface area (Å²) < 4.78 is 7.02. The minimum Gasteiger partial charge on any atom is -0.309 e. The summed E-state index contributed by atoms with van der Waals surface area (Å²) in [5.41, 5.74) is 14.3. The van der Waals surface area contributed by atoms with E-state index in [9.17, 15) is 0 Å². The lowest BCUT2D eigenvalue weighted by Crippen LogP contribution is -2.11. The van der Waals surface area contributed by atoms with Crippen molar-refractivity contribution in [2.75, 3.05) is 0 Å². The lowest BCUT2D eigenvalue weighted by Gasteiger charge is -2.20. The van der Waals surface area contributed by atoms with Crippen LogP contribution < -0.4 is 0 Å². The molecule has 8 aromatic carbocycles. The van der Waals surface area contributed by atoms with Crippen LogP contribution in [0.2, 0.25) is 0 Å². The van der Waals surface area contributed by atoms with E-state index in [1.807, 2.05) is 0 Å². The van der Waals surface area contributed by atoms with Gasteiger partial charge in [-0.15, -0.1) is 0 Å². The quantitative estimate of drug-likeness (QED) is 0.173. The SMILES string of the molecule is CC(C)(C)c1ccc2c(c1)c1ccccc1n2-c1nc(-c2ccccc2-n2c3ccccc3c3cc(C(C)(C)C)ccc32)nc(-c2ccccc2-n2c3ccccc3c3cc(C(C)(C)C)ccc32)n1. The first kappa shape index (κ1) is 42.5. The number of hydrogen-bond donors (Lipinski definition) is 0. The molecular formula is C63H56N6. The van der Waals surface area contributed by atoms with Gasteiger partial charge < -0.3 is 9.13 Å². The summed E-state index contributed by atoms with van der Waals surface area (Å²) in [7, 11) is 0. The van der Waals surface area contributed by atoms with E-state index in [1.165, 1.54) is 43.6 Å². The summed E-state index contributed by atoms with van der Waals surface area (Å²) in [6.45, 7) is 20.5. The van der Waals surface area contributed by atoms with Crippen molar-refractivity contribution >= 4 is 65.4 Å². The van der Waals surface area contributed by atoms with Gasteiger partial charge in [0.15, 0.2) is 11.6 Å². The molecule has 0 atom stereocenters. The van der Waals surface area contributed by atoms with Crippen molar-refractivity contribution in [1.82, 2.24) is 28.7 Å². The van der Waals surface area contributed by atoms with Gasteiger partial charge in [0.1, 0.15) is 0 Å². The molecule has 0 aliphatic rings. The molecule has 0 unspecified atom stereocenters. The smallest absolute Gasteiger partial charge is 0.238 e. The van der Waals surface area contributed by atoms with Gasteiger partial charge in [-0.2, -0.15) is 9.97 Å². The zero-order valence-corrected chi connectivity index (χ0v) is 40.9. The maximum atomic E-state index is 5.58. The second-order valence-electron chi connectivity index (χ2n) is 21.8. The zero-order valence-electron chi connectivity index (χ0n) is 40.9. The van der Waals surface area contributed by atoms with Crippen molar-refractivity contribution in [3.63, 3.8) is 0 Å². The second kappa shape index (κ2) is 15.3. The number of aromatic nitrogens is 6. The van der Waals surface area contributed by atoms with Crippen molar-refractivity contribution in [3.8, 4) is 40.1 Å². The number of nitrogens with zero attached hydrogens (tertiary/aromatic N) is 6. The summed E-state index contributed by atoms with van der Waals surface area (Å²) in [6.07, 6.45) is 0. The monoisotopic (exact) mass is 896 g/mol. The average Bonchev–Trinajstić information content (AvgIpc) is 3.98. The molecule has 0 saturated carbocycles.